The van der Waals surface area contributed by atoms with Crippen LogP contribution in [0.5, 0.6) is 0 Å². The largest absolute Gasteiger partial charge is 0.465 e. The second kappa shape index (κ2) is 6.25. The number of amides is 1. The molecule has 0 aliphatic carbocycles. The zero-order valence-electron chi connectivity index (χ0n) is 14.4. The minimum absolute atomic E-state index is 0.0635. The first kappa shape index (κ1) is 16.8. The summed E-state index contributed by atoms with van der Waals surface area (Å²) < 4.78 is 1.81. The fourth-order valence-corrected chi connectivity index (χ4v) is 3.42. The Kier molecular flexibility index (Phi) is 4.03. The zero-order chi connectivity index (χ0) is 18.4. The number of likely N-dealkylation sites (tertiary alicyclic amines) is 1. The Hall–Kier alpha value is -2.67. The lowest BCUT2D eigenvalue weighted by molar-refractivity contribution is 0.0812. The van der Waals surface area contributed by atoms with E-state index in [1.54, 1.807) is 12.4 Å². The summed E-state index contributed by atoms with van der Waals surface area (Å²) in [5.74, 6) is 0.317. The second-order valence-corrected chi connectivity index (χ2v) is 7.21. The summed E-state index contributed by atoms with van der Waals surface area (Å²) in [5, 5.41) is 15.8. The molecule has 7 nitrogen and oxygen atoms in total. The maximum absolute atomic E-state index is 10.9. The quantitative estimate of drug-likeness (QED) is 0.708. The van der Waals surface area contributed by atoms with Crippen molar-refractivity contribution in [2.45, 2.75) is 25.8 Å². The molecule has 3 aromatic rings. The van der Waals surface area contributed by atoms with Crippen molar-refractivity contribution in [1.29, 1.82) is 0 Å². The standard InChI is InChI=1S/C18H18ClN5O2/c1-10(2)14-5-21-17(15-6-20-16(19)3-13(14)15)11-4-22-24(7-11)12-8-23(9-12)18(25)26/h3-7,10,12H,8-9H2,1-2H3,(H,25,26). The van der Waals surface area contributed by atoms with Crippen molar-refractivity contribution in [2.75, 3.05) is 13.1 Å². The molecule has 8 heteroatoms. The van der Waals surface area contributed by atoms with E-state index in [1.807, 2.05) is 23.1 Å². The zero-order valence-corrected chi connectivity index (χ0v) is 15.2. The Morgan fingerprint density at radius 1 is 1.23 bits per heavy atom. The normalized spacial score (nSPS) is 14.8. The van der Waals surface area contributed by atoms with Crippen molar-refractivity contribution in [1.82, 2.24) is 24.6 Å². The van der Waals surface area contributed by atoms with Gasteiger partial charge in [-0.2, -0.15) is 5.10 Å². The Labute approximate surface area is 155 Å². The van der Waals surface area contributed by atoms with Crippen LogP contribution in [0.15, 0.2) is 30.9 Å². The topological polar surface area (TPSA) is 84.1 Å². The number of carbonyl (C=O) groups is 1. The van der Waals surface area contributed by atoms with Crippen LogP contribution in [0.3, 0.4) is 0 Å². The lowest BCUT2D eigenvalue weighted by Gasteiger charge is -2.36. The summed E-state index contributed by atoms with van der Waals surface area (Å²) in [6.45, 7) is 5.14. The minimum Gasteiger partial charge on any atom is -0.465 e. The van der Waals surface area contributed by atoms with Gasteiger partial charge < -0.3 is 10.0 Å². The lowest BCUT2D eigenvalue weighted by Crippen LogP contribution is -2.50. The highest BCUT2D eigenvalue weighted by Crippen LogP contribution is 2.33. The first-order valence-electron chi connectivity index (χ1n) is 8.40. The number of nitrogens with zero attached hydrogens (tertiary/aromatic N) is 5. The average Bonchev–Trinajstić information content (AvgIpc) is 3.00. The maximum Gasteiger partial charge on any atom is 0.407 e. The molecule has 1 aliphatic heterocycles. The van der Waals surface area contributed by atoms with E-state index < -0.39 is 6.09 Å². The van der Waals surface area contributed by atoms with E-state index in [4.69, 9.17) is 16.7 Å². The lowest BCUT2D eigenvalue weighted by atomic mass is 9.97. The van der Waals surface area contributed by atoms with Gasteiger partial charge in [0.1, 0.15) is 5.15 Å². The summed E-state index contributed by atoms with van der Waals surface area (Å²) in [7, 11) is 0. The number of rotatable bonds is 3. The average molecular weight is 372 g/mol. The Balaban J connectivity index is 1.72. The van der Waals surface area contributed by atoms with E-state index in [0.29, 0.717) is 24.2 Å². The van der Waals surface area contributed by atoms with Crippen LogP contribution in [-0.2, 0) is 0 Å². The molecule has 4 heterocycles. The molecular formula is C18H18ClN5O2. The molecule has 134 valence electrons. The van der Waals surface area contributed by atoms with Gasteiger partial charge in [-0.05, 0) is 22.9 Å². The Bertz CT molecular complexity index is 994. The molecule has 0 atom stereocenters. The molecule has 1 saturated heterocycles. The van der Waals surface area contributed by atoms with Crippen LogP contribution >= 0.6 is 11.6 Å². The number of hydrogen-bond donors (Lipinski definition) is 1. The van der Waals surface area contributed by atoms with Crippen molar-refractivity contribution in [3.8, 4) is 11.3 Å². The summed E-state index contributed by atoms with van der Waals surface area (Å²) >= 11 is 6.10. The van der Waals surface area contributed by atoms with Crippen LogP contribution in [0, 0.1) is 0 Å². The highest BCUT2D eigenvalue weighted by Gasteiger charge is 2.32. The van der Waals surface area contributed by atoms with E-state index in [-0.39, 0.29) is 6.04 Å². The summed E-state index contributed by atoms with van der Waals surface area (Å²) in [6, 6.07) is 1.94. The molecule has 0 bridgehead atoms. The third-order valence-electron chi connectivity index (χ3n) is 4.77. The van der Waals surface area contributed by atoms with Crippen molar-refractivity contribution in [2.24, 2.45) is 0 Å². The van der Waals surface area contributed by atoms with Crippen LogP contribution in [0.25, 0.3) is 22.0 Å². The molecule has 0 aromatic carbocycles. The molecule has 0 saturated carbocycles. The molecule has 1 amide bonds. The van der Waals surface area contributed by atoms with Crippen molar-refractivity contribution in [3.05, 3.63) is 41.6 Å². The molecule has 26 heavy (non-hydrogen) atoms. The third-order valence-corrected chi connectivity index (χ3v) is 4.98. The number of hydrogen-bond acceptors (Lipinski definition) is 4. The van der Waals surface area contributed by atoms with Gasteiger partial charge in [0.05, 0.1) is 17.9 Å². The van der Waals surface area contributed by atoms with Crippen LogP contribution < -0.4 is 0 Å². The van der Waals surface area contributed by atoms with Crippen molar-refractivity contribution >= 4 is 28.5 Å². The molecule has 0 radical (unpaired) electrons. The maximum atomic E-state index is 10.9. The predicted molar refractivity (Wildman–Crippen MR) is 98.5 cm³/mol. The van der Waals surface area contributed by atoms with Gasteiger partial charge in [-0.15, -0.1) is 0 Å². The molecule has 3 aromatic heterocycles. The Morgan fingerprint density at radius 2 is 2.00 bits per heavy atom. The molecule has 0 unspecified atom stereocenters. The summed E-state index contributed by atoms with van der Waals surface area (Å²) in [5.41, 5.74) is 2.80. The smallest absolute Gasteiger partial charge is 0.407 e. The number of fused-ring (bicyclic) bond motifs is 1. The van der Waals surface area contributed by atoms with Gasteiger partial charge in [0, 0.05) is 42.6 Å². The SMILES string of the molecule is CC(C)c1cnc(-c2cnn(C3CN(C(=O)O)C3)c2)c2cnc(Cl)cc12. The fraction of sp³-hybridized carbons (Fsp3) is 0.333. The monoisotopic (exact) mass is 371 g/mol. The Morgan fingerprint density at radius 3 is 2.69 bits per heavy atom. The van der Waals surface area contributed by atoms with Crippen molar-refractivity contribution < 1.29 is 9.90 Å². The predicted octanol–water partition coefficient (Wildman–Crippen LogP) is 3.80. The van der Waals surface area contributed by atoms with E-state index in [9.17, 15) is 4.79 Å². The summed E-state index contributed by atoms with van der Waals surface area (Å²) in [6.07, 6.45) is 6.41. The van der Waals surface area contributed by atoms with Crippen LogP contribution in [0.1, 0.15) is 31.4 Å². The van der Waals surface area contributed by atoms with Crippen LogP contribution in [-0.4, -0.2) is 48.9 Å². The van der Waals surface area contributed by atoms with Gasteiger partial charge >= 0.3 is 6.09 Å². The summed E-state index contributed by atoms with van der Waals surface area (Å²) in [4.78, 5) is 21.1. The minimum atomic E-state index is -0.895. The first-order chi connectivity index (χ1) is 12.4. The molecule has 1 aliphatic rings. The third kappa shape index (κ3) is 2.78. The fourth-order valence-electron chi connectivity index (χ4n) is 3.26. The molecular weight excluding hydrogens is 354 g/mol. The highest BCUT2D eigenvalue weighted by atomic mass is 35.5. The second-order valence-electron chi connectivity index (χ2n) is 6.82. The van der Waals surface area contributed by atoms with E-state index >= 15 is 0 Å². The van der Waals surface area contributed by atoms with E-state index in [2.05, 4.69) is 28.9 Å². The number of aromatic nitrogens is 4. The van der Waals surface area contributed by atoms with Gasteiger partial charge in [0.15, 0.2) is 0 Å². The number of pyridine rings is 2. The first-order valence-corrected chi connectivity index (χ1v) is 8.78. The van der Waals surface area contributed by atoms with E-state index in [1.165, 1.54) is 4.90 Å². The van der Waals surface area contributed by atoms with Gasteiger partial charge in [-0.1, -0.05) is 25.4 Å². The van der Waals surface area contributed by atoms with Gasteiger partial charge in [-0.3, -0.25) is 9.67 Å². The number of carboxylic acid groups (broad SMARTS) is 1. The molecule has 0 spiro atoms. The van der Waals surface area contributed by atoms with E-state index in [0.717, 1.165) is 27.6 Å². The number of halogens is 1. The van der Waals surface area contributed by atoms with Gasteiger partial charge in [0.25, 0.3) is 0 Å². The highest BCUT2D eigenvalue weighted by molar-refractivity contribution is 6.30. The van der Waals surface area contributed by atoms with Crippen LogP contribution in [0.2, 0.25) is 5.15 Å². The van der Waals surface area contributed by atoms with Crippen LogP contribution in [0.4, 0.5) is 4.79 Å². The van der Waals surface area contributed by atoms with Gasteiger partial charge in [0.2, 0.25) is 0 Å². The molecule has 4 rings (SSSR count). The van der Waals surface area contributed by atoms with Crippen molar-refractivity contribution in [3.63, 3.8) is 0 Å². The molecule has 1 fully saturated rings. The molecule has 1 N–H and O–H groups in total. The van der Waals surface area contributed by atoms with Gasteiger partial charge in [-0.25, -0.2) is 9.78 Å².